The van der Waals surface area contributed by atoms with E-state index < -0.39 is 138 Å². The summed E-state index contributed by atoms with van der Waals surface area (Å²) in [6.07, 6.45) is -5.01. The minimum Gasteiger partial charge on any atom is -0.481 e. The standard InChI is InChI=1S/C49H62N7O26P3S2/c57-37-24-41(80-38(37)27-79-84(74,75)82-85(76,77)81-83(71,72)73)56-25-28(44(64)55-48(56)69)10-8-19-50-39(58)17-21-87-86-20-9-15-34(54-49(70)78-26-33-31-13-5-3-11-29(31)30-12-4-6-14-32(30)33)45(65)51-18-7-1-2-16-40(59)52-35(22-42(60)61)46(66)53-36(47(67)68)23-43(62)63/h3-6,11-14,25,33-38,41,57H,1-2,7,9,15-24,26-27H2,(H,50,58)(H,51,65)(H,52,59)(H,53,66)(H,54,70)(H,60,61)(H,62,63)(H,67,68)(H,74,75)(H,76,77)(H,55,64,69)(H2,71,72,73). The molecule has 1 aliphatic carbocycles. The molecular formula is C49H62N7O26P3S2. The number of aliphatic hydroxyl groups excluding tert-OH is 1. The largest absolute Gasteiger partial charge is 0.490 e. The number of hydrogen-bond acceptors (Lipinski definition) is 21. The molecule has 0 bridgehead atoms. The molecule has 87 heavy (non-hydrogen) atoms. The molecule has 8 atom stereocenters. The van der Waals surface area contributed by atoms with Gasteiger partial charge in [0.05, 0.1) is 32.1 Å². The van der Waals surface area contributed by atoms with Crippen LogP contribution in [0.25, 0.3) is 11.1 Å². The number of benzene rings is 2. The number of ether oxygens (including phenoxy) is 2. The van der Waals surface area contributed by atoms with Crippen molar-refractivity contribution in [2.75, 3.05) is 37.8 Å². The molecule has 2 aromatic carbocycles. The van der Waals surface area contributed by atoms with Gasteiger partial charge in [0.2, 0.25) is 23.6 Å². The number of phosphoric ester groups is 1. The minimum absolute atomic E-state index is 0.0157. The number of rotatable bonds is 35. The Balaban J connectivity index is 1.06. The van der Waals surface area contributed by atoms with Crippen LogP contribution in [0.2, 0.25) is 0 Å². The molecule has 3 aromatic rings. The molecule has 476 valence electrons. The summed E-state index contributed by atoms with van der Waals surface area (Å²) in [6.45, 7) is -1.15. The Morgan fingerprint density at radius 1 is 0.724 bits per heavy atom. The lowest BCUT2D eigenvalue weighted by atomic mass is 9.98. The van der Waals surface area contributed by atoms with E-state index in [4.69, 9.17) is 24.4 Å². The predicted molar refractivity (Wildman–Crippen MR) is 304 cm³/mol. The number of carboxylic acid groups (broad SMARTS) is 3. The van der Waals surface area contributed by atoms with Crippen LogP contribution in [-0.2, 0) is 69.9 Å². The summed E-state index contributed by atoms with van der Waals surface area (Å²) in [4.78, 5) is 162. The first-order valence-corrected chi connectivity index (χ1v) is 33.1. The molecule has 33 nitrogen and oxygen atoms in total. The number of nitrogens with zero attached hydrogens (tertiary/aromatic N) is 1. The molecule has 0 radical (unpaired) electrons. The molecule has 14 N–H and O–H groups in total. The number of alkyl carbamates (subject to hydrolysis) is 1. The van der Waals surface area contributed by atoms with Crippen LogP contribution in [0, 0.1) is 11.8 Å². The van der Waals surface area contributed by atoms with E-state index in [0.717, 1.165) is 33.0 Å². The lowest BCUT2D eigenvalue weighted by Crippen LogP contribution is -2.52. The number of aromatic amines is 1. The van der Waals surface area contributed by atoms with E-state index in [2.05, 4.69) is 46.3 Å². The number of carboxylic acids is 3. The van der Waals surface area contributed by atoms with Gasteiger partial charge in [0.25, 0.3) is 5.56 Å². The summed E-state index contributed by atoms with van der Waals surface area (Å²) >= 11 is 0. The van der Waals surface area contributed by atoms with Crippen LogP contribution >= 0.6 is 45.1 Å². The van der Waals surface area contributed by atoms with Crippen LogP contribution in [0.1, 0.15) is 93.0 Å². The van der Waals surface area contributed by atoms with E-state index in [9.17, 15) is 86.7 Å². The Kier molecular flexibility index (Phi) is 27.4. The molecule has 2 heterocycles. The first-order valence-electron chi connectivity index (χ1n) is 26.1. The summed E-state index contributed by atoms with van der Waals surface area (Å²) in [5.74, 6) is -1.93. The fourth-order valence-electron chi connectivity index (χ4n) is 8.53. The highest BCUT2D eigenvalue weighted by Crippen LogP contribution is 2.66. The van der Waals surface area contributed by atoms with Gasteiger partial charge >= 0.3 is 53.2 Å². The second kappa shape index (κ2) is 33.6. The monoisotopic (exact) mass is 1320 g/mol. The van der Waals surface area contributed by atoms with Crippen LogP contribution in [0.4, 0.5) is 4.79 Å². The number of aromatic nitrogens is 2. The number of carbonyl (C=O) groups is 8. The maximum Gasteiger partial charge on any atom is 0.490 e. The van der Waals surface area contributed by atoms with Crippen molar-refractivity contribution in [1.29, 1.82) is 0 Å². The summed E-state index contributed by atoms with van der Waals surface area (Å²) in [6, 6.07) is 10.9. The van der Waals surface area contributed by atoms with Gasteiger partial charge in [0, 0.05) is 49.4 Å². The molecule has 8 unspecified atom stereocenters. The molecule has 38 heteroatoms. The Bertz CT molecular complexity index is 3290. The van der Waals surface area contributed by atoms with Gasteiger partial charge in [-0.25, -0.2) is 28.1 Å². The molecule has 1 fully saturated rings. The first-order chi connectivity index (χ1) is 41.0. The van der Waals surface area contributed by atoms with Gasteiger partial charge in [-0.05, 0) is 47.9 Å². The fraction of sp³-hybridized carbons (Fsp3) is 0.469. The van der Waals surface area contributed by atoms with E-state index in [1.807, 2.05) is 58.8 Å². The number of hydrogen-bond donors (Lipinski definition) is 14. The number of unbranched alkanes of at least 4 members (excludes halogenated alkanes) is 2. The van der Waals surface area contributed by atoms with E-state index in [0.29, 0.717) is 30.8 Å². The lowest BCUT2D eigenvalue weighted by molar-refractivity contribution is -0.148. The molecule has 1 aromatic heterocycles. The third-order valence-corrected chi connectivity index (χ3v) is 18.8. The van der Waals surface area contributed by atoms with Gasteiger partial charge in [0.15, 0.2) is 0 Å². The van der Waals surface area contributed by atoms with Gasteiger partial charge in [-0.15, -0.1) is 0 Å². The first kappa shape index (κ1) is 71.0. The Labute approximate surface area is 501 Å². The van der Waals surface area contributed by atoms with Crippen molar-refractivity contribution >= 4 is 92.7 Å². The van der Waals surface area contributed by atoms with Gasteiger partial charge in [-0.1, -0.05) is 88.4 Å². The molecule has 2 aliphatic rings. The third-order valence-electron chi connectivity index (χ3n) is 12.5. The highest BCUT2D eigenvalue weighted by Gasteiger charge is 2.43. The summed E-state index contributed by atoms with van der Waals surface area (Å²) in [5.41, 5.74) is 1.79. The Hall–Kier alpha value is -6.73. The number of aliphatic carboxylic acids is 3. The van der Waals surface area contributed by atoms with Crippen LogP contribution in [-0.4, -0.2) is 165 Å². The molecule has 0 spiro atoms. The highest BCUT2D eigenvalue weighted by atomic mass is 33.1. The van der Waals surface area contributed by atoms with E-state index in [-0.39, 0.29) is 63.3 Å². The van der Waals surface area contributed by atoms with Crippen LogP contribution in [0.5, 0.6) is 0 Å². The molecule has 1 aliphatic heterocycles. The van der Waals surface area contributed by atoms with Crippen molar-refractivity contribution in [2.45, 2.75) is 107 Å². The van der Waals surface area contributed by atoms with Gasteiger partial charge in [-0.3, -0.25) is 47.6 Å². The second-order valence-electron chi connectivity index (χ2n) is 19.0. The molecule has 5 rings (SSSR count). The predicted octanol–water partition coefficient (Wildman–Crippen LogP) is 1.14. The van der Waals surface area contributed by atoms with Crippen LogP contribution in [0.3, 0.4) is 0 Å². The number of carbonyl (C=O) groups excluding carboxylic acids is 5. The normalized spacial score (nSPS) is 17.7. The molecule has 0 saturated carbocycles. The van der Waals surface area contributed by atoms with Gasteiger partial charge < -0.3 is 76.1 Å². The SMILES string of the molecule is O=C(O)CC(NC(=O)C(CC(=O)O)NC(=O)CCCCCNC(=O)C(CCCSSCCC(=O)NCC#Cc1cn(C2CC(O)C(COP(=O)(O)OP(=O)(O)OP(=O)(O)O)O2)c(=O)[nH]c1=O)NC(=O)OCC1c2ccccc2-c2ccccc21)C(=O)O. The van der Waals surface area contributed by atoms with Crippen molar-refractivity contribution in [3.05, 3.63) is 92.3 Å². The van der Waals surface area contributed by atoms with Crippen molar-refractivity contribution in [2.24, 2.45) is 0 Å². The summed E-state index contributed by atoms with van der Waals surface area (Å²) in [5, 5.41) is 50.1. The Morgan fingerprint density at radius 3 is 2.01 bits per heavy atom. The maximum absolute atomic E-state index is 13.5. The maximum atomic E-state index is 13.5. The van der Waals surface area contributed by atoms with E-state index >= 15 is 0 Å². The summed E-state index contributed by atoms with van der Waals surface area (Å²) in [7, 11) is -14.3. The summed E-state index contributed by atoms with van der Waals surface area (Å²) < 4.78 is 58.4. The van der Waals surface area contributed by atoms with Crippen molar-refractivity contribution in [1.82, 2.24) is 36.1 Å². The zero-order valence-corrected chi connectivity index (χ0v) is 49.9. The number of H-pyrrole nitrogens is 1. The van der Waals surface area contributed by atoms with Gasteiger partial charge in [-0.2, -0.15) is 8.62 Å². The number of fused-ring (bicyclic) bond motifs is 3. The molecular weight excluding hydrogens is 1260 g/mol. The average Bonchev–Trinajstić information content (AvgIpc) is 3.72. The van der Waals surface area contributed by atoms with Gasteiger partial charge in [0.1, 0.15) is 42.6 Å². The zero-order chi connectivity index (χ0) is 64.1. The number of aliphatic hydroxyl groups is 1. The van der Waals surface area contributed by atoms with Crippen molar-refractivity contribution < 1.29 is 115 Å². The number of nitrogens with one attached hydrogen (secondary N) is 6. The van der Waals surface area contributed by atoms with Crippen LogP contribution < -0.4 is 37.8 Å². The third kappa shape index (κ3) is 24.1. The molecule has 1 saturated heterocycles. The smallest absolute Gasteiger partial charge is 0.481 e. The van der Waals surface area contributed by atoms with E-state index in [1.165, 1.54) is 21.6 Å². The average molecular weight is 1320 g/mol. The fourth-order valence-corrected chi connectivity index (χ4v) is 13.7. The lowest BCUT2D eigenvalue weighted by Gasteiger charge is -2.20. The number of amides is 5. The molecule has 5 amide bonds. The highest BCUT2D eigenvalue weighted by molar-refractivity contribution is 8.76. The second-order valence-corrected chi connectivity index (χ2v) is 26.1. The minimum atomic E-state index is -5.83. The van der Waals surface area contributed by atoms with Crippen molar-refractivity contribution in [3.63, 3.8) is 0 Å². The quantitative estimate of drug-likeness (QED) is 0.0170. The number of phosphoric acid groups is 3. The van der Waals surface area contributed by atoms with E-state index in [1.54, 1.807) is 0 Å². The topological polar surface area (TPSA) is 511 Å². The van der Waals surface area contributed by atoms with Crippen molar-refractivity contribution in [3.8, 4) is 23.0 Å². The van der Waals surface area contributed by atoms with Crippen LogP contribution in [0.15, 0.2) is 64.3 Å². The Morgan fingerprint density at radius 2 is 1.37 bits per heavy atom. The zero-order valence-electron chi connectivity index (χ0n) is 45.6.